The number of nitrogens with two attached hydrogens (primary N) is 1. The lowest BCUT2D eigenvalue weighted by Crippen LogP contribution is -2.49. The van der Waals surface area contributed by atoms with Crippen LogP contribution in [-0.2, 0) is 22.4 Å². The molecule has 2 unspecified atom stereocenters. The van der Waals surface area contributed by atoms with Gasteiger partial charge in [-0.3, -0.25) is 14.5 Å². The normalized spacial score (nSPS) is 26.1. The van der Waals surface area contributed by atoms with Crippen molar-refractivity contribution in [1.29, 1.82) is 0 Å². The van der Waals surface area contributed by atoms with Crippen LogP contribution in [0.25, 0.3) is 0 Å². The van der Waals surface area contributed by atoms with Crippen molar-refractivity contribution in [2.24, 2.45) is 22.6 Å². The van der Waals surface area contributed by atoms with Gasteiger partial charge in [0.05, 0.1) is 0 Å². The Kier molecular flexibility index (Phi) is 5.91. The topological polar surface area (TPSA) is 79.0 Å². The first-order valence-electron chi connectivity index (χ1n) is 11.5. The van der Waals surface area contributed by atoms with Crippen LogP contribution in [-0.4, -0.2) is 52.7 Å². The summed E-state index contributed by atoms with van der Waals surface area (Å²) in [5.74, 6) is 1.03. The number of carbonyl (C=O) groups excluding carboxylic acids is 2. The van der Waals surface area contributed by atoms with Gasteiger partial charge in [0, 0.05) is 31.6 Å². The van der Waals surface area contributed by atoms with E-state index in [-0.39, 0.29) is 17.7 Å². The minimum absolute atomic E-state index is 0.00579. The molecule has 0 radical (unpaired) electrons. The summed E-state index contributed by atoms with van der Waals surface area (Å²) in [6, 6.07) is 8.34. The second-order valence-electron chi connectivity index (χ2n) is 9.90. The third-order valence-corrected chi connectivity index (χ3v) is 6.74. The van der Waals surface area contributed by atoms with E-state index in [0.29, 0.717) is 37.8 Å². The fourth-order valence-electron chi connectivity index (χ4n) is 5.32. The Bertz CT molecular complexity index is 935. The number of benzene rings is 1. The summed E-state index contributed by atoms with van der Waals surface area (Å²) in [5.41, 5.74) is 8.85. The average molecular weight is 423 g/mol. The van der Waals surface area contributed by atoms with Gasteiger partial charge in [-0.1, -0.05) is 44.2 Å². The molecule has 3 aliphatic rings. The van der Waals surface area contributed by atoms with Crippen LogP contribution >= 0.6 is 0 Å². The van der Waals surface area contributed by atoms with Crippen LogP contribution in [0.3, 0.4) is 0 Å². The number of likely N-dealkylation sites (tertiary alicyclic amines) is 1. The van der Waals surface area contributed by atoms with Crippen LogP contribution < -0.4 is 5.73 Å². The van der Waals surface area contributed by atoms with Gasteiger partial charge in [-0.15, -0.1) is 0 Å². The number of allylic oxidation sites excluding steroid dienone is 1. The van der Waals surface area contributed by atoms with Crippen LogP contribution in [0.2, 0.25) is 0 Å². The SMILES string of the molecule is CC(C)CC1(C)N=C(N)N(CC2CCCN(C(=O)C3=CCc4ccccc4C3)C2)C1=O. The monoisotopic (exact) mass is 422 g/mol. The molecule has 4 rings (SSSR count). The number of rotatable bonds is 5. The van der Waals surface area contributed by atoms with Crippen molar-refractivity contribution in [3.05, 3.63) is 47.0 Å². The van der Waals surface area contributed by atoms with Gasteiger partial charge in [0.2, 0.25) is 5.91 Å². The Morgan fingerprint density at radius 3 is 2.77 bits per heavy atom. The molecule has 2 amide bonds. The predicted octanol–water partition coefficient (Wildman–Crippen LogP) is 2.91. The molecule has 6 heteroatoms. The lowest BCUT2D eigenvalue weighted by molar-refractivity contribution is -0.132. The van der Waals surface area contributed by atoms with Gasteiger partial charge in [-0.25, -0.2) is 4.99 Å². The Morgan fingerprint density at radius 2 is 2.03 bits per heavy atom. The quantitative estimate of drug-likeness (QED) is 0.792. The van der Waals surface area contributed by atoms with E-state index >= 15 is 0 Å². The fourth-order valence-corrected chi connectivity index (χ4v) is 5.32. The Labute approximate surface area is 185 Å². The zero-order valence-corrected chi connectivity index (χ0v) is 18.9. The number of amides is 2. The number of guanidine groups is 1. The van der Waals surface area contributed by atoms with Crippen LogP contribution in [0.5, 0.6) is 0 Å². The molecule has 1 aromatic rings. The molecule has 0 aromatic heterocycles. The molecule has 0 bridgehead atoms. The van der Waals surface area contributed by atoms with E-state index in [4.69, 9.17) is 5.73 Å². The molecule has 1 saturated heterocycles. The number of hydrogen-bond acceptors (Lipinski definition) is 4. The maximum atomic E-state index is 13.2. The molecule has 1 fully saturated rings. The zero-order chi connectivity index (χ0) is 22.2. The minimum Gasteiger partial charge on any atom is -0.369 e. The number of fused-ring (bicyclic) bond motifs is 1. The van der Waals surface area contributed by atoms with Crippen molar-refractivity contribution >= 4 is 17.8 Å². The number of hydrogen-bond donors (Lipinski definition) is 1. The van der Waals surface area contributed by atoms with Gasteiger partial charge < -0.3 is 10.6 Å². The summed E-state index contributed by atoms with van der Waals surface area (Å²) in [4.78, 5) is 34.4. The summed E-state index contributed by atoms with van der Waals surface area (Å²) >= 11 is 0. The van der Waals surface area contributed by atoms with Crippen molar-refractivity contribution < 1.29 is 9.59 Å². The summed E-state index contributed by atoms with van der Waals surface area (Å²) in [6.07, 6.45) is 6.23. The number of aliphatic imine (C=N–C) groups is 1. The van der Waals surface area contributed by atoms with Gasteiger partial charge in [-0.2, -0.15) is 0 Å². The van der Waals surface area contributed by atoms with Crippen molar-refractivity contribution in [2.75, 3.05) is 19.6 Å². The second kappa shape index (κ2) is 8.48. The number of nitrogens with zero attached hydrogens (tertiary/aromatic N) is 3. The molecule has 1 aliphatic carbocycles. The molecule has 2 N–H and O–H groups in total. The Hall–Kier alpha value is -2.63. The smallest absolute Gasteiger partial charge is 0.257 e. The van der Waals surface area contributed by atoms with E-state index in [1.165, 1.54) is 11.1 Å². The highest BCUT2D eigenvalue weighted by atomic mass is 16.2. The highest BCUT2D eigenvalue weighted by Crippen LogP contribution is 2.30. The highest BCUT2D eigenvalue weighted by molar-refractivity contribution is 6.06. The molecule has 0 saturated carbocycles. The van der Waals surface area contributed by atoms with E-state index in [1.54, 1.807) is 4.90 Å². The van der Waals surface area contributed by atoms with Gasteiger partial charge in [-0.05, 0) is 55.6 Å². The predicted molar refractivity (Wildman–Crippen MR) is 122 cm³/mol. The molecule has 166 valence electrons. The van der Waals surface area contributed by atoms with Gasteiger partial charge >= 0.3 is 0 Å². The summed E-state index contributed by atoms with van der Waals surface area (Å²) in [5, 5.41) is 0. The van der Waals surface area contributed by atoms with Crippen molar-refractivity contribution in [1.82, 2.24) is 9.80 Å². The molecular weight excluding hydrogens is 388 g/mol. The Balaban J connectivity index is 1.39. The number of piperidine rings is 1. The van der Waals surface area contributed by atoms with Gasteiger partial charge in [0.25, 0.3) is 5.91 Å². The van der Waals surface area contributed by atoms with Gasteiger partial charge in [0.1, 0.15) is 5.54 Å². The van der Waals surface area contributed by atoms with Crippen LogP contribution in [0.1, 0.15) is 51.2 Å². The average Bonchev–Trinajstić information content (AvgIpc) is 2.95. The van der Waals surface area contributed by atoms with Gasteiger partial charge in [0.15, 0.2) is 5.96 Å². The first-order chi connectivity index (χ1) is 14.8. The molecular formula is C25H34N4O2. The van der Waals surface area contributed by atoms with E-state index in [1.807, 2.05) is 17.9 Å². The first kappa shape index (κ1) is 21.6. The van der Waals surface area contributed by atoms with Crippen molar-refractivity contribution in [3.63, 3.8) is 0 Å². The van der Waals surface area contributed by atoms with Crippen molar-refractivity contribution in [3.8, 4) is 0 Å². The zero-order valence-electron chi connectivity index (χ0n) is 18.9. The third kappa shape index (κ3) is 4.39. The Morgan fingerprint density at radius 1 is 1.29 bits per heavy atom. The first-order valence-corrected chi connectivity index (χ1v) is 11.5. The summed E-state index contributed by atoms with van der Waals surface area (Å²) in [7, 11) is 0. The standard InChI is InChI=1S/C25H34N4O2/c1-17(2)14-25(3)23(31)29(24(26)27-25)16-18-7-6-12-28(15-18)22(30)21-11-10-19-8-4-5-9-20(19)13-21/h4-5,8-9,11,17-18H,6-7,10,12-16H2,1-3H3,(H2,26,27). The number of carbonyl (C=O) groups is 2. The van der Waals surface area contributed by atoms with Crippen molar-refractivity contribution in [2.45, 2.75) is 58.4 Å². The highest BCUT2D eigenvalue weighted by Gasteiger charge is 2.45. The summed E-state index contributed by atoms with van der Waals surface area (Å²) in [6.45, 7) is 8.04. The van der Waals surface area contributed by atoms with E-state index < -0.39 is 5.54 Å². The molecule has 2 aliphatic heterocycles. The fraction of sp³-hybridized carbons (Fsp3) is 0.560. The second-order valence-corrected chi connectivity index (χ2v) is 9.90. The molecule has 2 atom stereocenters. The lowest BCUT2D eigenvalue weighted by Gasteiger charge is -2.36. The largest absolute Gasteiger partial charge is 0.369 e. The third-order valence-electron chi connectivity index (χ3n) is 6.74. The molecule has 1 aromatic carbocycles. The lowest BCUT2D eigenvalue weighted by atomic mass is 9.89. The molecule has 6 nitrogen and oxygen atoms in total. The van der Waals surface area contributed by atoms with Crippen LogP contribution in [0, 0.1) is 11.8 Å². The maximum absolute atomic E-state index is 13.2. The maximum Gasteiger partial charge on any atom is 0.257 e. The molecule has 2 heterocycles. The molecule has 0 spiro atoms. The minimum atomic E-state index is -0.761. The van der Waals surface area contributed by atoms with E-state index in [9.17, 15) is 9.59 Å². The summed E-state index contributed by atoms with van der Waals surface area (Å²) < 4.78 is 0. The van der Waals surface area contributed by atoms with E-state index in [2.05, 4.69) is 43.1 Å². The van der Waals surface area contributed by atoms with E-state index in [0.717, 1.165) is 31.4 Å². The molecule has 31 heavy (non-hydrogen) atoms. The van der Waals surface area contributed by atoms with Crippen LogP contribution in [0.4, 0.5) is 0 Å². The van der Waals surface area contributed by atoms with Crippen LogP contribution in [0.15, 0.2) is 40.9 Å².